The fourth-order valence-electron chi connectivity index (χ4n) is 1.61. The first-order chi connectivity index (χ1) is 7.81. The first kappa shape index (κ1) is 11.2. The molecule has 0 aliphatic heterocycles. The summed E-state index contributed by atoms with van der Waals surface area (Å²) >= 11 is 3.66. The zero-order valence-electron chi connectivity index (χ0n) is 8.98. The predicted octanol–water partition coefficient (Wildman–Crippen LogP) is 3.10. The normalized spacial score (nSPS) is 12.4. The quantitative estimate of drug-likeness (QED) is 0.874. The predicted molar refractivity (Wildman–Crippen MR) is 67.0 cm³/mol. The molecule has 0 aliphatic carbocycles. The fourth-order valence-corrected chi connectivity index (χ4v) is 2.30. The molecule has 1 aromatic heterocycles. The van der Waals surface area contributed by atoms with Crippen molar-refractivity contribution in [1.29, 1.82) is 0 Å². The van der Waals surface area contributed by atoms with Crippen LogP contribution in [0.4, 0.5) is 0 Å². The van der Waals surface area contributed by atoms with Gasteiger partial charge < -0.3 is 9.72 Å². The van der Waals surface area contributed by atoms with E-state index >= 15 is 0 Å². The zero-order chi connectivity index (χ0) is 11.4. The molecule has 1 atom stereocenters. The minimum Gasteiger partial charge on any atom is -0.496 e. The second kappa shape index (κ2) is 5.16. The maximum Gasteiger partial charge on any atom is 0.123 e. The number of nitrogens with zero attached hydrogens (tertiary/aromatic N) is 1. The zero-order valence-corrected chi connectivity index (χ0v) is 10.6. The Morgan fingerprint density at radius 2 is 2.25 bits per heavy atom. The fraction of sp³-hybridized carbons (Fsp3) is 0.250. The van der Waals surface area contributed by atoms with Crippen molar-refractivity contribution >= 4 is 15.9 Å². The van der Waals surface area contributed by atoms with Gasteiger partial charge in [-0.05, 0) is 6.07 Å². The van der Waals surface area contributed by atoms with E-state index in [4.69, 9.17) is 4.74 Å². The molecule has 0 amide bonds. The number of H-pyrrole nitrogens is 1. The van der Waals surface area contributed by atoms with Crippen molar-refractivity contribution in [3.63, 3.8) is 0 Å². The first-order valence-corrected chi connectivity index (χ1v) is 5.98. The highest BCUT2D eigenvalue weighted by Gasteiger charge is 2.13. The van der Waals surface area contributed by atoms with E-state index in [0.29, 0.717) is 0 Å². The molecular formula is C12H13BrN2O. The lowest BCUT2D eigenvalue weighted by atomic mass is 10.1. The van der Waals surface area contributed by atoms with Crippen LogP contribution >= 0.6 is 15.9 Å². The summed E-state index contributed by atoms with van der Waals surface area (Å²) in [6.07, 6.45) is 4.40. The molecule has 4 heteroatoms. The molecule has 0 fully saturated rings. The molecule has 2 aromatic rings. The highest BCUT2D eigenvalue weighted by Crippen LogP contribution is 2.32. The van der Waals surface area contributed by atoms with E-state index in [0.717, 1.165) is 23.6 Å². The second-order valence-electron chi connectivity index (χ2n) is 3.45. The molecule has 2 rings (SSSR count). The maximum absolute atomic E-state index is 5.33. The van der Waals surface area contributed by atoms with E-state index in [-0.39, 0.29) is 4.83 Å². The van der Waals surface area contributed by atoms with Gasteiger partial charge in [0.15, 0.2) is 0 Å². The number of hydrogen-bond donors (Lipinski definition) is 1. The van der Waals surface area contributed by atoms with Crippen LogP contribution in [0.2, 0.25) is 0 Å². The Hall–Kier alpha value is -1.29. The molecule has 1 unspecified atom stereocenters. The summed E-state index contributed by atoms with van der Waals surface area (Å²) in [5, 5.41) is 0. The number of alkyl halides is 1. The SMILES string of the molecule is COc1ccccc1C(Br)Cc1ncc[nH]1. The van der Waals surface area contributed by atoms with Crippen LogP contribution in [-0.2, 0) is 6.42 Å². The topological polar surface area (TPSA) is 37.9 Å². The van der Waals surface area contributed by atoms with Crippen molar-refractivity contribution in [3.8, 4) is 5.75 Å². The van der Waals surface area contributed by atoms with Gasteiger partial charge in [0.25, 0.3) is 0 Å². The van der Waals surface area contributed by atoms with Gasteiger partial charge in [-0.1, -0.05) is 34.1 Å². The van der Waals surface area contributed by atoms with Gasteiger partial charge in [-0.15, -0.1) is 0 Å². The number of aromatic nitrogens is 2. The molecule has 0 saturated carbocycles. The number of para-hydroxylation sites is 1. The van der Waals surface area contributed by atoms with Gasteiger partial charge in [0.2, 0.25) is 0 Å². The lowest BCUT2D eigenvalue weighted by Crippen LogP contribution is -1.99. The molecule has 0 radical (unpaired) electrons. The number of halogens is 1. The van der Waals surface area contributed by atoms with E-state index < -0.39 is 0 Å². The third-order valence-corrected chi connectivity index (χ3v) is 3.22. The summed E-state index contributed by atoms with van der Waals surface area (Å²) in [6.45, 7) is 0. The molecule has 0 bridgehead atoms. The number of nitrogens with one attached hydrogen (secondary N) is 1. The number of benzene rings is 1. The number of hydrogen-bond acceptors (Lipinski definition) is 2. The molecule has 1 N–H and O–H groups in total. The van der Waals surface area contributed by atoms with Crippen LogP contribution in [0.1, 0.15) is 16.2 Å². The number of imidazole rings is 1. The molecule has 16 heavy (non-hydrogen) atoms. The average molecular weight is 281 g/mol. The lowest BCUT2D eigenvalue weighted by Gasteiger charge is -2.12. The van der Waals surface area contributed by atoms with E-state index in [1.165, 1.54) is 0 Å². The van der Waals surface area contributed by atoms with Crippen LogP contribution in [-0.4, -0.2) is 17.1 Å². The minimum atomic E-state index is 0.204. The second-order valence-corrected chi connectivity index (χ2v) is 4.55. The number of methoxy groups -OCH3 is 1. The molecule has 1 aromatic carbocycles. The standard InChI is InChI=1S/C12H13BrN2O/c1-16-11-5-3-2-4-9(11)10(13)8-12-14-6-7-15-12/h2-7,10H,8H2,1H3,(H,14,15). The number of aromatic amines is 1. The van der Waals surface area contributed by atoms with Crippen molar-refractivity contribution < 1.29 is 4.74 Å². The molecule has 1 heterocycles. The summed E-state index contributed by atoms with van der Waals surface area (Å²) in [6, 6.07) is 8.00. The van der Waals surface area contributed by atoms with Crippen LogP contribution in [0.3, 0.4) is 0 Å². The lowest BCUT2D eigenvalue weighted by molar-refractivity contribution is 0.409. The Morgan fingerprint density at radius 1 is 1.44 bits per heavy atom. The average Bonchev–Trinajstić information content (AvgIpc) is 2.81. The van der Waals surface area contributed by atoms with Gasteiger partial charge in [-0.2, -0.15) is 0 Å². The van der Waals surface area contributed by atoms with E-state index in [2.05, 4.69) is 32.0 Å². The Bertz CT molecular complexity index is 442. The van der Waals surface area contributed by atoms with Crippen molar-refractivity contribution in [3.05, 3.63) is 48.0 Å². The monoisotopic (exact) mass is 280 g/mol. The summed E-state index contributed by atoms with van der Waals surface area (Å²) in [7, 11) is 1.69. The Balaban J connectivity index is 2.17. The number of ether oxygens (including phenoxy) is 1. The van der Waals surface area contributed by atoms with E-state index in [1.807, 2.05) is 24.4 Å². The Labute approximate surface area is 103 Å². The summed E-state index contributed by atoms with van der Waals surface area (Å²) < 4.78 is 5.33. The van der Waals surface area contributed by atoms with Crippen LogP contribution in [0, 0.1) is 0 Å². The molecule has 84 valence electrons. The van der Waals surface area contributed by atoms with Gasteiger partial charge in [-0.25, -0.2) is 4.98 Å². The largest absolute Gasteiger partial charge is 0.496 e. The summed E-state index contributed by atoms with van der Waals surface area (Å²) in [5.41, 5.74) is 1.14. The summed E-state index contributed by atoms with van der Waals surface area (Å²) in [5.74, 6) is 1.86. The van der Waals surface area contributed by atoms with E-state index in [9.17, 15) is 0 Å². The molecule has 3 nitrogen and oxygen atoms in total. The Kier molecular flexibility index (Phi) is 3.62. The van der Waals surface area contributed by atoms with Crippen molar-refractivity contribution in [2.24, 2.45) is 0 Å². The summed E-state index contributed by atoms with van der Waals surface area (Å²) in [4.78, 5) is 7.51. The highest BCUT2D eigenvalue weighted by atomic mass is 79.9. The first-order valence-electron chi connectivity index (χ1n) is 5.06. The maximum atomic E-state index is 5.33. The van der Waals surface area contributed by atoms with Gasteiger partial charge in [0.1, 0.15) is 11.6 Å². The smallest absolute Gasteiger partial charge is 0.123 e. The van der Waals surface area contributed by atoms with Gasteiger partial charge >= 0.3 is 0 Å². The molecule has 0 aliphatic rings. The highest BCUT2D eigenvalue weighted by molar-refractivity contribution is 9.09. The Morgan fingerprint density at radius 3 is 2.94 bits per heavy atom. The van der Waals surface area contributed by atoms with Gasteiger partial charge in [0.05, 0.1) is 11.9 Å². The van der Waals surface area contributed by atoms with Crippen molar-refractivity contribution in [2.75, 3.05) is 7.11 Å². The molecule has 0 saturated heterocycles. The van der Waals surface area contributed by atoms with Crippen LogP contribution < -0.4 is 4.74 Å². The minimum absolute atomic E-state index is 0.204. The van der Waals surface area contributed by atoms with Gasteiger partial charge in [0, 0.05) is 24.4 Å². The molecule has 0 spiro atoms. The molecular weight excluding hydrogens is 268 g/mol. The third kappa shape index (κ3) is 2.44. The van der Waals surface area contributed by atoms with Crippen LogP contribution in [0.15, 0.2) is 36.7 Å². The van der Waals surface area contributed by atoms with Crippen molar-refractivity contribution in [2.45, 2.75) is 11.2 Å². The van der Waals surface area contributed by atoms with Crippen LogP contribution in [0.5, 0.6) is 5.75 Å². The van der Waals surface area contributed by atoms with Gasteiger partial charge in [-0.3, -0.25) is 0 Å². The number of rotatable bonds is 4. The third-order valence-electron chi connectivity index (χ3n) is 2.40. The van der Waals surface area contributed by atoms with Crippen molar-refractivity contribution in [1.82, 2.24) is 9.97 Å². The van der Waals surface area contributed by atoms with Crippen LogP contribution in [0.25, 0.3) is 0 Å². The van der Waals surface area contributed by atoms with E-state index in [1.54, 1.807) is 13.3 Å².